The van der Waals surface area contributed by atoms with Crippen molar-refractivity contribution in [3.05, 3.63) is 63.6 Å². The molecule has 0 saturated heterocycles. The molecule has 4 nitrogen and oxygen atoms in total. The number of carbonyl (C=O) groups excluding carboxylic acids is 1. The van der Waals surface area contributed by atoms with Gasteiger partial charge in [-0.1, -0.05) is 6.07 Å². The average Bonchev–Trinajstić information content (AvgIpc) is 2.96. The number of methoxy groups -OCH3 is 1. The standard InChI is InChI=1S/C19H16BrFO4/c1-11-9-25-19-15(11)5-12(6-16(19)20)10-24-17-8-14(21)4-3-13(17)7-18(22)23-2/h3-6,8-9H,7,10H2,1-2H3. The Morgan fingerprint density at radius 2 is 2.08 bits per heavy atom. The zero-order valence-electron chi connectivity index (χ0n) is 13.8. The predicted octanol–water partition coefficient (Wildman–Crippen LogP) is 4.94. The van der Waals surface area contributed by atoms with Crippen LogP contribution in [0.3, 0.4) is 0 Å². The summed E-state index contributed by atoms with van der Waals surface area (Å²) in [5, 5.41) is 0.988. The van der Waals surface area contributed by atoms with Crippen LogP contribution < -0.4 is 4.74 Å². The Balaban J connectivity index is 1.85. The van der Waals surface area contributed by atoms with Crippen LogP contribution >= 0.6 is 15.9 Å². The smallest absolute Gasteiger partial charge is 0.310 e. The Hall–Kier alpha value is -2.34. The molecule has 0 aliphatic rings. The van der Waals surface area contributed by atoms with E-state index in [1.54, 1.807) is 6.26 Å². The van der Waals surface area contributed by atoms with Crippen molar-refractivity contribution < 1.29 is 23.1 Å². The van der Waals surface area contributed by atoms with Gasteiger partial charge in [0.15, 0.2) is 0 Å². The van der Waals surface area contributed by atoms with E-state index in [4.69, 9.17) is 9.15 Å². The molecule has 0 N–H and O–H groups in total. The lowest BCUT2D eigenvalue weighted by Crippen LogP contribution is -2.07. The van der Waals surface area contributed by atoms with Gasteiger partial charge in [0.05, 0.1) is 24.3 Å². The molecular formula is C19H16BrFO4. The summed E-state index contributed by atoms with van der Waals surface area (Å²) in [7, 11) is 1.31. The molecule has 0 saturated carbocycles. The van der Waals surface area contributed by atoms with Crippen LogP contribution in [0.4, 0.5) is 4.39 Å². The Labute approximate surface area is 152 Å². The highest BCUT2D eigenvalue weighted by Gasteiger charge is 2.12. The quantitative estimate of drug-likeness (QED) is 0.563. The number of benzene rings is 2. The molecule has 0 aliphatic carbocycles. The monoisotopic (exact) mass is 406 g/mol. The summed E-state index contributed by atoms with van der Waals surface area (Å²) < 4.78 is 30.3. The van der Waals surface area contributed by atoms with E-state index in [1.807, 2.05) is 19.1 Å². The summed E-state index contributed by atoms with van der Waals surface area (Å²) in [6.45, 7) is 2.20. The fraction of sp³-hybridized carbons (Fsp3) is 0.211. The lowest BCUT2D eigenvalue weighted by Gasteiger charge is -2.12. The zero-order valence-corrected chi connectivity index (χ0v) is 15.4. The van der Waals surface area contributed by atoms with E-state index in [2.05, 4.69) is 20.7 Å². The summed E-state index contributed by atoms with van der Waals surface area (Å²) >= 11 is 3.48. The number of fused-ring (bicyclic) bond motifs is 1. The van der Waals surface area contributed by atoms with Gasteiger partial charge in [-0.15, -0.1) is 0 Å². The second kappa shape index (κ2) is 7.27. The van der Waals surface area contributed by atoms with Gasteiger partial charge >= 0.3 is 5.97 Å². The van der Waals surface area contributed by atoms with Crippen LogP contribution in [0.5, 0.6) is 5.75 Å². The van der Waals surface area contributed by atoms with Crippen molar-refractivity contribution in [2.75, 3.05) is 7.11 Å². The number of ether oxygens (including phenoxy) is 2. The van der Waals surface area contributed by atoms with Gasteiger partial charge in [0.2, 0.25) is 0 Å². The van der Waals surface area contributed by atoms with E-state index in [1.165, 1.54) is 25.3 Å². The van der Waals surface area contributed by atoms with Gasteiger partial charge in [0.25, 0.3) is 0 Å². The summed E-state index contributed by atoms with van der Waals surface area (Å²) in [6.07, 6.45) is 1.72. The minimum Gasteiger partial charge on any atom is -0.488 e. The van der Waals surface area contributed by atoms with Gasteiger partial charge in [-0.05, 0) is 52.2 Å². The molecule has 0 spiro atoms. The molecule has 0 amide bonds. The molecule has 0 aliphatic heterocycles. The Morgan fingerprint density at radius 3 is 2.84 bits per heavy atom. The number of hydrogen-bond donors (Lipinski definition) is 0. The fourth-order valence-electron chi connectivity index (χ4n) is 2.55. The first-order chi connectivity index (χ1) is 12.0. The van der Waals surface area contributed by atoms with Crippen molar-refractivity contribution in [1.82, 2.24) is 0 Å². The van der Waals surface area contributed by atoms with E-state index in [9.17, 15) is 9.18 Å². The second-order valence-corrected chi connectivity index (χ2v) is 6.52. The molecule has 0 bridgehead atoms. The number of hydrogen-bond acceptors (Lipinski definition) is 4. The van der Waals surface area contributed by atoms with E-state index >= 15 is 0 Å². The minimum atomic E-state index is -0.425. The van der Waals surface area contributed by atoms with Crippen LogP contribution in [-0.2, 0) is 22.6 Å². The van der Waals surface area contributed by atoms with Gasteiger partial charge < -0.3 is 13.9 Å². The highest BCUT2D eigenvalue weighted by molar-refractivity contribution is 9.10. The molecule has 1 heterocycles. The number of carbonyl (C=O) groups is 1. The first-order valence-corrected chi connectivity index (χ1v) is 8.41. The second-order valence-electron chi connectivity index (χ2n) is 5.67. The predicted molar refractivity (Wildman–Crippen MR) is 95.1 cm³/mol. The van der Waals surface area contributed by atoms with Crippen LogP contribution in [0, 0.1) is 12.7 Å². The third-order valence-electron chi connectivity index (χ3n) is 3.87. The summed E-state index contributed by atoms with van der Waals surface area (Å²) in [5.41, 5.74) is 3.28. The van der Waals surface area contributed by atoms with Crippen LogP contribution in [0.15, 0.2) is 45.5 Å². The van der Waals surface area contributed by atoms with Crippen molar-refractivity contribution in [3.8, 4) is 5.75 Å². The first kappa shape index (κ1) is 17.5. The van der Waals surface area contributed by atoms with Crippen molar-refractivity contribution in [1.29, 1.82) is 0 Å². The van der Waals surface area contributed by atoms with E-state index in [0.29, 0.717) is 11.3 Å². The molecule has 25 heavy (non-hydrogen) atoms. The molecular weight excluding hydrogens is 391 g/mol. The first-order valence-electron chi connectivity index (χ1n) is 7.62. The topological polar surface area (TPSA) is 48.7 Å². The molecule has 0 fully saturated rings. The summed E-state index contributed by atoms with van der Waals surface area (Å²) in [4.78, 5) is 11.5. The maximum atomic E-state index is 13.6. The maximum Gasteiger partial charge on any atom is 0.310 e. The average molecular weight is 407 g/mol. The normalized spacial score (nSPS) is 10.9. The van der Waals surface area contributed by atoms with Crippen LogP contribution in [0.1, 0.15) is 16.7 Å². The maximum absolute atomic E-state index is 13.6. The van der Waals surface area contributed by atoms with Crippen LogP contribution in [-0.4, -0.2) is 13.1 Å². The molecule has 130 valence electrons. The summed E-state index contributed by atoms with van der Waals surface area (Å²) in [6, 6.07) is 7.96. The molecule has 2 aromatic carbocycles. The third-order valence-corrected chi connectivity index (χ3v) is 4.46. The molecule has 0 unspecified atom stereocenters. The van der Waals surface area contributed by atoms with Crippen molar-refractivity contribution >= 4 is 32.9 Å². The highest BCUT2D eigenvalue weighted by atomic mass is 79.9. The van der Waals surface area contributed by atoms with Crippen molar-refractivity contribution in [3.63, 3.8) is 0 Å². The Morgan fingerprint density at radius 1 is 1.28 bits per heavy atom. The van der Waals surface area contributed by atoms with E-state index in [-0.39, 0.29) is 13.0 Å². The van der Waals surface area contributed by atoms with Gasteiger partial charge in [-0.25, -0.2) is 4.39 Å². The molecule has 1 aromatic heterocycles. The zero-order chi connectivity index (χ0) is 18.0. The van der Waals surface area contributed by atoms with Crippen molar-refractivity contribution in [2.45, 2.75) is 20.0 Å². The van der Waals surface area contributed by atoms with Gasteiger partial charge in [-0.2, -0.15) is 0 Å². The number of furan rings is 1. The van der Waals surface area contributed by atoms with Crippen molar-refractivity contribution in [2.24, 2.45) is 0 Å². The van der Waals surface area contributed by atoms with Crippen LogP contribution in [0.25, 0.3) is 11.0 Å². The third kappa shape index (κ3) is 3.85. The molecule has 6 heteroatoms. The van der Waals surface area contributed by atoms with Gasteiger partial charge in [-0.3, -0.25) is 4.79 Å². The number of aryl methyl sites for hydroxylation is 1. The molecule has 3 aromatic rings. The summed E-state index contributed by atoms with van der Waals surface area (Å²) in [5.74, 6) is -0.508. The molecule has 0 radical (unpaired) electrons. The minimum absolute atomic E-state index is 0.0235. The SMILES string of the molecule is COC(=O)Cc1ccc(F)cc1OCc1cc(Br)c2occ(C)c2c1. The number of esters is 1. The number of halogens is 2. The van der Waals surface area contributed by atoms with Gasteiger partial charge in [0.1, 0.15) is 23.8 Å². The van der Waals surface area contributed by atoms with E-state index < -0.39 is 11.8 Å². The molecule has 0 atom stereocenters. The van der Waals surface area contributed by atoms with Gasteiger partial charge in [0, 0.05) is 17.0 Å². The lowest BCUT2D eigenvalue weighted by atomic mass is 10.1. The molecule has 3 rings (SSSR count). The van der Waals surface area contributed by atoms with E-state index in [0.717, 1.165) is 26.6 Å². The van der Waals surface area contributed by atoms with Crippen LogP contribution in [0.2, 0.25) is 0 Å². The largest absolute Gasteiger partial charge is 0.488 e. The lowest BCUT2D eigenvalue weighted by molar-refractivity contribution is -0.139. The Kier molecular flexibility index (Phi) is 5.08. The fourth-order valence-corrected chi connectivity index (χ4v) is 3.16. The number of rotatable bonds is 5. The Bertz CT molecular complexity index is 933. The highest BCUT2D eigenvalue weighted by Crippen LogP contribution is 2.30.